The van der Waals surface area contributed by atoms with Crippen molar-refractivity contribution >= 4 is 0 Å². The Kier molecular flexibility index (Phi) is 8.03. The summed E-state index contributed by atoms with van der Waals surface area (Å²) in [4.78, 5) is 0. The van der Waals surface area contributed by atoms with Crippen LogP contribution in [0.1, 0.15) is 45.4 Å². The minimum absolute atomic E-state index is 1.13. The number of hydrogen-bond acceptors (Lipinski definition) is 1. The minimum atomic E-state index is 1.13. The number of hydrogen-bond donors (Lipinski definition) is 1. The van der Waals surface area contributed by atoms with Crippen LogP contribution in [0, 0.1) is 5.92 Å². The second-order valence-electron chi connectivity index (χ2n) is 3.44. The van der Waals surface area contributed by atoms with Crippen LogP contribution in [0.25, 0.3) is 0 Å². The van der Waals surface area contributed by atoms with Crippen molar-refractivity contribution < 1.29 is 0 Å². The van der Waals surface area contributed by atoms with Crippen LogP contribution in [0.2, 0.25) is 0 Å². The maximum Gasteiger partial charge on any atom is -0.0167 e. The fourth-order valence-electron chi connectivity index (χ4n) is 1.27. The minimum Gasteiger partial charge on any atom is -0.323 e. The van der Waals surface area contributed by atoms with Gasteiger partial charge in [0.15, 0.2) is 0 Å². The molecule has 0 aromatic carbocycles. The zero-order chi connectivity index (χ0) is 8.53. The maximum atomic E-state index is 2.75. The van der Waals surface area contributed by atoms with Gasteiger partial charge in [0.05, 0.1) is 0 Å². The highest BCUT2D eigenvalue weighted by Crippen LogP contribution is 2.30. The Labute approximate surface area is 71.6 Å². The van der Waals surface area contributed by atoms with E-state index in [1.165, 1.54) is 38.5 Å². The standard InChI is InChI=1S/C8H16.C2H7N/c1-2-3-5-8-6-4-7-8;1-3-2/h8H,2-7H2,1H3;3H,1-2H3. The Morgan fingerprint density at radius 1 is 1.27 bits per heavy atom. The van der Waals surface area contributed by atoms with Crippen LogP contribution in [0.15, 0.2) is 0 Å². The molecule has 1 rings (SSSR count). The second kappa shape index (κ2) is 8.06. The van der Waals surface area contributed by atoms with Gasteiger partial charge in [-0.2, -0.15) is 0 Å². The van der Waals surface area contributed by atoms with Crippen LogP contribution in [0.3, 0.4) is 0 Å². The van der Waals surface area contributed by atoms with Gasteiger partial charge in [0.1, 0.15) is 0 Å². The van der Waals surface area contributed by atoms with E-state index >= 15 is 0 Å². The SMILES string of the molecule is CCCCC1CCC1.CNC. The third-order valence-corrected chi connectivity index (χ3v) is 2.19. The van der Waals surface area contributed by atoms with Crippen LogP contribution >= 0.6 is 0 Å². The highest BCUT2D eigenvalue weighted by molar-refractivity contribution is 4.68. The molecule has 1 fully saturated rings. The summed E-state index contributed by atoms with van der Waals surface area (Å²) in [5.41, 5.74) is 0. The normalized spacial score (nSPS) is 16.6. The van der Waals surface area contributed by atoms with Gasteiger partial charge in [-0.15, -0.1) is 0 Å². The summed E-state index contributed by atoms with van der Waals surface area (Å²) < 4.78 is 0. The van der Waals surface area contributed by atoms with Crippen molar-refractivity contribution in [3.05, 3.63) is 0 Å². The smallest absolute Gasteiger partial charge is 0.0167 e. The number of nitrogens with one attached hydrogen (secondary N) is 1. The molecule has 0 amide bonds. The number of unbranched alkanes of at least 4 members (excludes halogenated alkanes) is 1. The summed E-state index contributed by atoms with van der Waals surface area (Å²) in [6.45, 7) is 2.28. The Hall–Kier alpha value is -0.0400. The molecule has 11 heavy (non-hydrogen) atoms. The molecule has 0 aromatic rings. The molecule has 0 bridgehead atoms. The zero-order valence-corrected chi connectivity index (χ0v) is 8.32. The summed E-state index contributed by atoms with van der Waals surface area (Å²) >= 11 is 0. The van der Waals surface area contributed by atoms with E-state index in [2.05, 4.69) is 12.2 Å². The average Bonchev–Trinajstić information content (AvgIpc) is 1.87. The van der Waals surface area contributed by atoms with Crippen LogP contribution in [0.4, 0.5) is 0 Å². The lowest BCUT2D eigenvalue weighted by Crippen LogP contribution is -2.09. The van der Waals surface area contributed by atoms with Crippen molar-refractivity contribution in [1.82, 2.24) is 5.32 Å². The molecular weight excluding hydrogens is 134 g/mol. The molecule has 0 radical (unpaired) electrons. The summed E-state index contributed by atoms with van der Waals surface area (Å²) in [6.07, 6.45) is 8.92. The lowest BCUT2D eigenvalue weighted by Gasteiger charge is -2.24. The van der Waals surface area contributed by atoms with Crippen LogP contribution in [-0.2, 0) is 0 Å². The first-order valence-electron chi connectivity index (χ1n) is 4.93. The first-order valence-corrected chi connectivity index (χ1v) is 4.93. The van der Waals surface area contributed by atoms with Crippen LogP contribution < -0.4 is 5.32 Å². The quantitative estimate of drug-likeness (QED) is 0.664. The molecule has 0 atom stereocenters. The fourth-order valence-corrected chi connectivity index (χ4v) is 1.27. The lowest BCUT2D eigenvalue weighted by atomic mass is 9.82. The summed E-state index contributed by atoms with van der Waals surface area (Å²) in [7, 11) is 3.75. The molecule has 1 aliphatic rings. The molecule has 0 unspecified atom stereocenters. The highest BCUT2D eigenvalue weighted by atomic mass is 14.7. The monoisotopic (exact) mass is 157 g/mol. The van der Waals surface area contributed by atoms with E-state index in [1.807, 2.05) is 14.1 Å². The van der Waals surface area contributed by atoms with Crippen molar-refractivity contribution in [3.8, 4) is 0 Å². The Morgan fingerprint density at radius 2 is 1.82 bits per heavy atom. The average molecular weight is 157 g/mol. The molecule has 0 aliphatic heterocycles. The highest BCUT2D eigenvalue weighted by Gasteiger charge is 2.15. The van der Waals surface area contributed by atoms with Crippen molar-refractivity contribution in [3.63, 3.8) is 0 Å². The molecule has 0 aromatic heterocycles. The Balaban J connectivity index is 0.000000292. The predicted octanol–water partition coefficient (Wildman–Crippen LogP) is 2.81. The molecule has 0 heterocycles. The Morgan fingerprint density at radius 3 is 2.09 bits per heavy atom. The summed E-state index contributed by atoms with van der Waals surface area (Å²) in [5, 5.41) is 2.75. The Bertz CT molecular complexity index is 67.3. The number of rotatable bonds is 3. The van der Waals surface area contributed by atoms with Gasteiger partial charge in [-0.05, 0) is 20.0 Å². The molecule has 68 valence electrons. The van der Waals surface area contributed by atoms with E-state index in [4.69, 9.17) is 0 Å². The van der Waals surface area contributed by atoms with Gasteiger partial charge in [-0.25, -0.2) is 0 Å². The molecule has 1 heteroatoms. The van der Waals surface area contributed by atoms with Gasteiger partial charge in [0.25, 0.3) is 0 Å². The largest absolute Gasteiger partial charge is 0.323 e. The summed E-state index contributed by atoms with van der Waals surface area (Å²) in [5.74, 6) is 1.13. The maximum absolute atomic E-state index is 2.75. The van der Waals surface area contributed by atoms with Gasteiger partial charge >= 0.3 is 0 Å². The lowest BCUT2D eigenvalue weighted by molar-refractivity contribution is 0.289. The van der Waals surface area contributed by atoms with Crippen molar-refractivity contribution in [2.24, 2.45) is 5.92 Å². The molecule has 0 saturated heterocycles. The molecule has 1 saturated carbocycles. The van der Waals surface area contributed by atoms with E-state index in [0.29, 0.717) is 0 Å². The third-order valence-electron chi connectivity index (χ3n) is 2.19. The first-order chi connectivity index (χ1) is 5.35. The van der Waals surface area contributed by atoms with Gasteiger partial charge in [-0.1, -0.05) is 45.4 Å². The van der Waals surface area contributed by atoms with Crippen molar-refractivity contribution in [2.75, 3.05) is 14.1 Å². The molecule has 1 nitrogen and oxygen atoms in total. The van der Waals surface area contributed by atoms with Crippen LogP contribution in [-0.4, -0.2) is 14.1 Å². The van der Waals surface area contributed by atoms with E-state index in [1.54, 1.807) is 0 Å². The molecule has 1 N–H and O–H groups in total. The molecule has 0 spiro atoms. The molecule has 1 aliphatic carbocycles. The van der Waals surface area contributed by atoms with E-state index in [0.717, 1.165) is 5.92 Å². The predicted molar refractivity (Wildman–Crippen MR) is 51.8 cm³/mol. The zero-order valence-electron chi connectivity index (χ0n) is 8.32. The van der Waals surface area contributed by atoms with Crippen molar-refractivity contribution in [2.45, 2.75) is 45.4 Å². The van der Waals surface area contributed by atoms with E-state index in [9.17, 15) is 0 Å². The second-order valence-corrected chi connectivity index (χ2v) is 3.44. The third kappa shape index (κ3) is 6.36. The topological polar surface area (TPSA) is 12.0 Å². The van der Waals surface area contributed by atoms with E-state index in [-0.39, 0.29) is 0 Å². The fraction of sp³-hybridized carbons (Fsp3) is 1.00. The van der Waals surface area contributed by atoms with Gasteiger partial charge in [0, 0.05) is 0 Å². The van der Waals surface area contributed by atoms with E-state index < -0.39 is 0 Å². The molecular formula is C10H23N. The van der Waals surface area contributed by atoms with Gasteiger partial charge in [-0.3, -0.25) is 0 Å². The van der Waals surface area contributed by atoms with Gasteiger partial charge in [0.2, 0.25) is 0 Å². The van der Waals surface area contributed by atoms with Gasteiger partial charge < -0.3 is 5.32 Å². The first kappa shape index (κ1) is 11.0. The van der Waals surface area contributed by atoms with Crippen LogP contribution in [0.5, 0.6) is 0 Å². The van der Waals surface area contributed by atoms with Crippen molar-refractivity contribution in [1.29, 1.82) is 0 Å². The summed E-state index contributed by atoms with van der Waals surface area (Å²) in [6, 6.07) is 0.